The second kappa shape index (κ2) is 7.25. The van der Waals surface area contributed by atoms with Gasteiger partial charge in [-0.15, -0.1) is 12.4 Å². The van der Waals surface area contributed by atoms with Crippen molar-refractivity contribution in [1.29, 1.82) is 0 Å². The third-order valence-corrected chi connectivity index (χ3v) is 6.17. The highest BCUT2D eigenvalue weighted by Crippen LogP contribution is 2.38. The molecule has 0 spiro atoms. The van der Waals surface area contributed by atoms with Crippen LogP contribution < -0.4 is 15.2 Å². The van der Waals surface area contributed by atoms with Crippen LogP contribution in [0, 0.1) is 5.41 Å². The van der Waals surface area contributed by atoms with Crippen LogP contribution in [-0.2, 0) is 10.0 Å². The van der Waals surface area contributed by atoms with Gasteiger partial charge in [-0.2, -0.15) is 4.31 Å². The van der Waals surface area contributed by atoms with Crippen molar-refractivity contribution in [3.8, 4) is 11.5 Å². The number of methoxy groups -OCH3 is 2. The van der Waals surface area contributed by atoms with Crippen molar-refractivity contribution in [2.45, 2.75) is 31.2 Å². The van der Waals surface area contributed by atoms with Crippen molar-refractivity contribution in [2.24, 2.45) is 11.1 Å². The van der Waals surface area contributed by atoms with E-state index in [-0.39, 0.29) is 40.3 Å². The summed E-state index contributed by atoms with van der Waals surface area (Å²) in [5.41, 5.74) is 5.82. The van der Waals surface area contributed by atoms with Crippen molar-refractivity contribution in [3.63, 3.8) is 0 Å². The van der Waals surface area contributed by atoms with E-state index in [1.165, 1.54) is 18.5 Å². The highest BCUT2D eigenvalue weighted by molar-refractivity contribution is 7.89. The minimum atomic E-state index is -3.71. The molecule has 1 aliphatic heterocycles. The molecule has 1 saturated heterocycles. The highest BCUT2D eigenvalue weighted by Gasteiger charge is 2.40. The average Bonchev–Trinajstić information content (AvgIpc) is 2.48. The van der Waals surface area contributed by atoms with E-state index in [9.17, 15) is 8.42 Å². The number of ether oxygens (including phenoxy) is 2. The van der Waals surface area contributed by atoms with E-state index in [2.05, 4.69) is 0 Å². The van der Waals surface area contributed by atoms with E-state index in [1.807, 2.05) is 13.8 Å². The molecule has 1 aromatic rings. The first-order chi connectivity index (χ1) is 10.2. The Hall–Kier alpha value is -1.02. The van der Waals surface area contributed by atoms with Crippen molar-refractivity contribution in [1.82, 2.24) is 4.31 Å². The van der Waals surface area contributed by atoms with Crippen LogP contribution in [0.15, 0.2) is 23.1 Å². The van der Waals surface area contributed by atoms with Crippen LogP contribution in [0.3, 0.4) is 0 Å². The molecule has 0 aliphatic carbocycles. The summed E-state index contributed by atoms with van der Waals surface area (Å²) in [6.07, 6.45) is 0.629. The molecular formula is C15H25ClN2O4S. The van der Waals surface area contributed by atoms with Gasteiger partial charge in [0.15, 0.2) is 4.90 Å². The zero-order chi connectivity index (χ0) is 16.5. The number of rotatable bonds is 4. The summed E-state index contributed by atoms with van der Waals surface area (Å²) in [6.45, 7) is 4.74. The summed E-state index contributed by atoms with van der Waals surface area (Å²) in [5.74, 6) is 0.569. The number of sulfonamides is 1. The summed E-state index contributed by atoms with van der Waals surface area (Å²) < 4.78 is 38.1. The van der Waals surface area contributed by atoms with Gasteiger partial charge in [-0.05, 0) is 24.0 Å². The topological polar surface area (TPSA) is 81.9 Å². The average molecular weight is 365 g/mol. The SMILES string of the molecule is COc1cccc(OC)c1S(=O)(=O)N1CCC(N)C(C)(C)C1.Cl. The monoisotopic (exact) mass is 364 g/mol. The Kier molecular flexibility index (Phi) is 6.32. The Morgan fingerprint density at radius 3 is 2.17 bits per heavy atom. The standard InChI is InChI=1S/C15H24N2O4S.ClH/c1-15(2)10-17(9-8-13(15)16)22(18,19)14-11(20-3)6-5-7-12(14)21-4;/h5-7,13H,8-10,16H2,1-4H3;1H. The van der Waals surface area contributed by atoms with Gasteiger partial charge >= 0.3 is 0 Å². The zero-order valence-electron chi connectivity index (χ0n) is 13.9. The van der Waals surface area contributed by atoms with Gasteiger partial charge in [0.2, 0.25) is 10.0 Å². The lowest BCUT2D eigenvalue weighted by atomic mass is 9.81. The number of nitrogens with zero attached hydrogens (tertiary/aromatic N) is 1. The lowest BCUT2D eigenvalue weighted by Gasteiger charge is -2.41. The molecule has 2 rings (SSSR count). The smallest absolute Gasteiger partial charge is 0.250 e. The van der Waals surface area contributed by atoms with Crippen molar-refractivity contribution in [2.75, 3.05) is 27.3 Å². The second-order valence-electron chi connectivity index (χ2n) is 6.21. The predicted octanol–water partition coefficient (Wildman–Crippen LogP) is 1.87. The minimum Gasteiger partial charge on any atom is -0.495 e. The Morgan fingerprint density at radius 1 is 1.22 bits per heavy atom. The minimum absolute atomic E-state index is 0. The second-order valence-corrected chi connectivity index (χ2v) is 8.09. The van der Waals surface area contributed by atoms with Crippen LogP contribution >= 0.6 is 12.4 Å². The third-order valence-electron chi connectivity index (χ3n) is 4.26. The normalized spacial score (nSPS) is 21.3. The number of halogens is 1. The summed E-state index contributed by atoms with van der Waals surface area (Å²) >= 11 is 0. The molecule has 0 radical (unpaired) electrons. The van der Waals surface area contributed by atoms with Crippen LogP contribution in [0.4, 0.5) is 0 Å². The van der Waals surface area contributed by atoms with Crippen LogP contribution in [0.25, 0.3) is 0 Å². The largest absolute Gasteiger partial charge is 0.495 e. The van der Waals surface area contributed by atoms with E-state index in [0.717, 1.165) is 0 Å². The molecule has 1 atom stereocenters. The van der Waals surface area contributed by atoms with Gasteiger partial charge in [0, 0.05) is 19.1 Å². The maximum atomic E-state index is 13.1. The Morgan fingerprint density at radius 2 is 1.74 bits per heavy atom. The first-order valence-electron chi connectivity index (χ1n) is 7.21. The van der Waals surface area contributed by atoms with Crippen molar-refractivity contribution >= 4 is 22.4 Å². The molecule has 23 heavy (non-hydrogen) atoms. The fourth-order valence-electron chi connectivity index (χ4n) is 2.73. The van der Waals surface area contributed by atoms with Crippen molar-refractivity contribution < 1.29 is 17.9 Å². The molecule has 8 heteroatoms. The summed E-state index contributed by atoms with van der Waals surface area (Å²) in [5, 5.41) is 0. The van der Waals surface area contributed by atoms with Gasteiger partial charge in [-0.25, -0.2) is 8.42 Å². The molecule has 132 valence electrons. The number of hydrogen-bond acceptors (Lipinski definition) is 5. The number of piperidine rings is 1. The Labute approximate surface area is 144 Å². The molecule has 0 bridgehead atoms. The van der Waals surface area contributed by atoms with Gasteiger partial charge in [0.05, 0.1) is 14.2 Å². The molecule has 2 N–H and O–H groups in total. The lowest BCUT2D eigenvalue weighted by molar-refractivity contribution is 0.155. The Balaban J connectivity index is 0.00000264. The fraction of sp³-hybridized carbons (Fsp3) is 0.600. The van der Waals surface area contributed by atoms with Crippen LogP contribution in [-0.4, -0.2) is 46.1 Å². The molecule has 0 amide bonds. The number of hydrogen-bond donors (Lipinski definition) is 1. The maximum absolute atomic E-state index is 13.1. The van der Waals surface area contributed by atoms with Gasteiger partial charge in [-0.3, -0.25) is 0 Å². The first-order valence-corrected chi connectivity index (χ1v) is 8.65. The van der Waals surface area contributed by atoms with E-state index < -0.39 is 10.0 Å². The molecule has 1 aliphatic rings. The summed E-state index contributed by atoms with van der Waals surface area (Å²) in [6, 6.07) is 4.93. The Bertz CT molecular complexity index is 627. The van der Waals surface area contributed by atoms with Crippen LogP contribution in [0.2, 0.25) is 0 Å². The molecule has 6 nitrogen and oxygen atoms in total. The van der Waals surface area contributed by atoms with E-state index >= 15 is 0 Å². The van der Waals surface area contributed by atoms with E-state index in [4.69, 9.17) is 15.2 Å². The summed E-state index contributed by atoms with van der Waals surface area (Å²) in [7, 11) is -0.818. The lowest BCUT2D eigenvalue weighted by Crippen LogP contribution is -2.53. The number of nitrogens with two attached hydrogens (primary N) is 1. The summed E-state index contributed by atoms with van der Waals surface area (Å²) in [4.78, 5) is 0.0753. The number of benzene rings is 1. The molecule has 0 saturated carbocycles. The maximum Gasteiger partial charge on any atom is 0.250 e. The molecule has 1 aromatic carbocycles. The molecule has 0 aromatic heterocycles. The molecular weight excluding hydrogens is 340 g/mol. The van der Waals surface area contributed by atoms with Gasteiger partial charge < -0.3 is 15.2 Å². The quantitative estimate of drug-likeness (QED) is 0.882. The molecule has 1 fully saturated rings. The van der Waals surface area contributed by atoms with E-state index in [0.29, 0.717) is 19.5 Å². The third kappa shape index (κ3) is 3.74. The zero-order valence-corrected chi connectivity index (χ0v) is 15.5. The van der Waals surface area contributed by atoms with Crippen LogP contribution in [0.5, 0.6) is 11.5 Å². The highest BCUT2D eigenvalue weighted by atomic mass is 35.5. The van der Waals surface area contributed by atoms with Gasteiger partial charge in [0.25, 0.3) is 0 Å². The van der Waals surface area contributed by atoms with Crippen molar-refractivity contribution in [3.05, 3.63) is 18.2 Å². The molecule has 1 unspecified atom stereocenters. The van der Waals surface area contributed by atoms with Gasteiger partial charge in [-0.1, -0.05) is 19.9 Å². The fourth-order valence-corrected chi connectivity index (χ4v) is 4.65. The van der Waals surface area contributed by atoms with Gasteiger partial charge in [0.1, 0.15) is 11.5 Å². The van der Waals surface area contributed by atoms with Crippen LogP contribution in [0.1, 0.15) is 20.3 Å². The van der Waals surface area contributed by atoms with E-state index in [1.54, 1.807) is 18.2 Å². The molecule has 1 heterocycles. The first kappa shape index (κ1) is 20.0. The predicted molar refractivity (Wildman–Crippen MR) is 91.9 cm³/mol.